The summed E-state index contributed by atoms with van der Waals surface area (Å²) in [5.41, 5.74) is 8.06. The molecule has 40 heavy (non-hydrogen) atoms. The van der Waals surface area contributed by atoms with E-state index in [-0.39, 0.29) is 19.8 Å². The van der Waals surface area contributed by atoms with E-state index in [0.29, 0.717) is 11.6 Å². The number of nitrogens with two attached hydrogens (primary N) is 1. The number of nitrogen functional groups attached to an aromatic ring is 1. The van der Waals surface area contributed by atoms with Gasteiger partial charge in [0, 0.05) is 53.9 Å². The van der Waals surface area contributed by atoms with Gasteiger partial charge in [-0.3, -0.25) is 0 Å². The molecule has 14 heteroatoms. The number of anilines is 1. The lowest BCUT2D eigenvalue weighted by Gasteiger charge is -2.21. The number of aromatic nitrogens is 2. The molecular formula is C26H50N6O7S. The average Bonchev–Trinajstić information content (AvgIpc) is 3.13. The lowest BCUT2D eigenvalue weighted by Crippen LogP contribution is -2.36. The Morgan fingerprint density at radius 3 is 1.75 bits per heavy atom. The number of aliphatic hydroxyl groups excluding tert-OH is 3. The number of thioether (sulfide) groups is 1. The molecule has 0 amide bonds. The van der Waals surface area contributed by atoms with Crippen LogP contribution in [0.2, 0.25) is 0 Å². The quantitative estimate of drug-likeness (QED) is 0.210. The minimum absolute atomic E-state index is 0.198. The topological polar surface area (TPSA) is 196 Å². The number of aryl methyl sites for hydroxylation is 1. The van der Waals surface area contributed by atoms with Crippen molar-refractivity contribution in [3.8, 4) is 0 Å². The average molecular weight is 591 g/mol. The number of nitrogens with zero attached hydrogens (tertiary/aromatic N) is 5. The van der Waals surface area contributed by atoms with Crippen LogP contribution in [0.3, 0.4) is 0 Å². The van der Waals surface area contributed by atoms with Crippen LogP contribution in [0.25, 0.3) is 0 Å². The van der Waals surface area contributed by atoms with Gasteiger partial charge in [-0.25, -0.2) is 9.97 Å². The second-order valence-electron chi connectivity index (χ2n) is 11.0. The monoisotopic (exact) mass is 590 g/mol. The van der Waals surface area contributed by atoms with Crippen molar-refractivity contribution < 1.29 is 44.1 Å². The van der Waals surface area contributed by atoms with Gasteiger partial charge >= 0.3 is 0 Å². The highest BCUT2D eigenvalue weighted by molar-refractivity contribution is 8.03. The summed E-state index contributed by atoms with van der Waals surface area (Å²) in [6.07, 6.45) is 1.58. The molecule has 0 saturated heterocycles. The molecule has 2 heterocycles. The molecule has 0 radical (unpaired) electrons. The molecule has 0 aliphatic carbocycles. The van der Waals surface area contributed by atoms with Crippen molar-refractivity contribution in [1.82, 2.24) is 14.9 Å². The molecule has 0 saturated carbocycles. The number of hydrogen-bond acceptors (Lipinski definition) is 12. The highest BCUT2D eigenvalue weighted by atomic mass is 32.2. The van der Waals surface area contributed by atoms with Crippen LogP contribution >= 0.6 is 11.8 Å². The number of carbonyl (C=O) groups excluding carboxylic acids is 2. The smallest absolute Gasteiger partial charge is 0.132 e. The Labute approximate surface area is 243 Å². The van der Waals surface area contributed by atoms with Crippen LogP contribution in [0.1, 0.15) is 37.6 Å². The summed E-state index contributed by atoms with van der Waals surface area (Å²) in [6.45, 7) is 7.06. The number of hydrogen-bond donors (Lipinski definition) is 4. The molecule has 13 nitrogen and oxygen atoms in total. The van der Waals surface area contributed by atoms with Crippen molar-refractivity contribution in [2.45, 2.75) is 39.7 Å². The number of allylic oxidation sites excluding steroid dienone is 1. The molecule has 1 aromatic rings. The maximum absolute atomic E-state index is 9.50. The Balaban J connectivity index is 0. The van der Waals surface area contributed by atoms with Gasteiger partial charge in [0.05, 0.1) is 61.4 Å². The van der Waals surface area contributed by atoms with E-state index < -0.39 is 24.8 Å². The van der Waals surface area contributed by atoms with E-state index >= 15 is 0 Å². The van der Waals surface area contributed by atoms with Crippen molar-refractivity contribution in [3.63, 3.8) is 0 Å². The zero-order valence-electron chi connectivity index (χ0n) is 25.3. The Hall–Kier alpha value is -2.49. The van der Waals surface area contributed by atoms with Crippen molar-refractivity contribution >= 4 is 29.5 Å². The molecule has 232 valence electrons. The first-order chi connectivity index (χ1) is 18.4. The Kier molecular flexibility index (Phi) is 20.2. The molecule has 0 fully saturated rings. The number of carbonyl (C=O) groups is 2. The van der Waals surface area contributed by atoms with Gasteiger partial charge in [-0.15, -0.1) is 11.8 Å². The minimum atomic E-state index is -1.37. The molecule has 0 atom stereocenters. The summed E-state index contributed by atoms with van der Waals surface area (Å²) in [4.78, 5) is 30.8. The van der Waals surface area contributed by atoms with Gasteiger partial charge in [0.2, 0.25) is 0 Å². The first-order valence-corrected chi connectivity index (χ1v) is 13.8. The number of aliphatic hydroxyl groups is 3. The van der Waals surface area contributed by atoms with Gasteiger partial charge in [0.15, 0.2) is 0 Å². The lowest BCUT2D eigenvalue weighted by molar-refractivity contribution is -0.870. The summed E-state index contributed by atoms with van der Waals surface area (Å²) < 4.78 is 1.69. The maximum Gasteiger partial charge on any atom is 0.132 e. The van der Waals surface area contributed by atoms with E-state index in [2.05, 4.69) is 64.1 Å². The van der Waals surface area contributed by atoms with Crippen LogP contribution in [0, 0.1) is 6.92 Å². The van der Waals surface area contributed by atoms with Gasteiger partial charge in [0.25, 0.3) is 0 Å². The van der Waals surface area contributed by atoms with Crippen molar-refractivity contribution in [1.29, 1.82) is 0 Å². The molecule has 0 unspecified atom stereocenters. The molecule has 0 aromatic carbocycles. The molecule has 0 spiro atoms. The minimum Gasteiger partial charge on any atom is -0.550 e. The summed E-state index contributed by atoms with van der Waals surface area (Å²) >= 11 is 1.78. The second-order valence-corrected chi connectivity index (χ2v) is 12.0. The lowest BCUT2D eigenvalue weighted by atomic mass is 10.2. The summed E-state index contributed by atoms with van der Waals surface area (Å²) in [5.74, 6) is -0.589. The Bertz CT molecular complexity index is 888. The zero-order valence-corrected chi connectivity index (χ0v) is 26.2. The van der Waals surface area contributed by atoms with Gasteiger partial charge in [-0.1, -0.05) is 0 Å². The van der Waals surface area contributed by atoms with E-state index in [1.54, 1.807) is 18.0 Å². The molecule has 1 aromatic heterocycles. The van der Waals surface area contributed by atoms with E-state index in [1.165, 1.54) is 10.6 Å². The number of aliphatic carboxylic acids is 2. The largest absolute Gasteiger partial charge is 0.550 e. The fourth-order valence-electron chi connectivity index (χ4n) is 2.70. The van der Waals surface area contributed by atoms with Crippen LogP contribution < -0.4 is 15.9 Å². The molecular weight excluding hydrogens is 540 g/mol. The summed E-state index contributed by atoms with van der Waals surface area (Å²) in [7, 11) is 12.3. The predicted molar refractivity (Wildman–Crippen MR) is 153 cm³/mol. The number of quaternary nitrogens is 2. The fourth-order valence-corrected chi connectivity index (χ4v) is 3.87. The Morgan fingerprint density at radius 2 is 1.43 bits per heavy atom. The third-order valence-corrected chi connectivity index (χ3v) is 6.35. The van der Waals surface area contributed by atoms with Crippen LogP contribution in [0.15, 0.2) is 16.8 Å². The van der Waals surface area contributed by atoms with Gasteiger partial charge < -0.3 is 54.7 Å². The van der Waals surface area contributed by atoms with Crippen molar-refractivity contribution in [3.05, 3.63) is 28.2 Å². The highest BCUT2D eigenvalue weighted by Gasteiger charge is 2.20. The molecule has 5 N–H and O–H groups in total. The number of carboxylic acids is 2. The Morgan fingerprint density at radius 1 is 0.950 bits per heavy atom. The summed E-state index contributed by atoms with van der Waals surface area (Å²) in [6, 6.07) is 0. The molecule has 2 rings (SSSR count). The number of likely N-dealkylation sites (N-methyl/N-ethyl adjacent to an activating group) is 2. The normalized spacial score (nSPS) is 12.9. The standard InChI is InChI=1S/C12H18N4OS.2C5H14NO.C4H6O4/c1-8-11(3-4-17)18-7-16(8)6-10-5-14-9(2)15-12(10)13;2*1-6(2,3)4-5-7;5-3(6)1-2-4(7)8/h5,17H,3-4,6-7H2,1-2H3,(H2,13,14,15);2*7H,4-5H2,1-3H3;1-2H2,(H,5,6)(H,7,8)/q;2*+1;/p-2. The third kappa shape index (κ3) is 22.3. The molecule has 1 aliphatic heterocycles. The van der Waals surface area contributed by atoms with Gasteiger partial charge in [-0.05, 0) is 26.7 Å². The van der Waals surface area contributed by atoms with Crippen LogP contribution in [0.4, 0.5) is 5.82 Å². The maximum atomic E-state index is 9.50. The van der Waals surface area contributed by atoms with E-state index in [4.69, 9.17) is 21.1 Å². The van der Waals surface area contributed by atoms with Crippen LogP contribution in [0.5, 0.6) is 0 Å². The van der Waals surface area contributed by atoms with Crippen LogP contribution in [-0.2, 0) is 16.1 Å². The summed E-state index contributed by atoms with van der Waals surface area (Å²) in [5, 5.41) is 44.8. The van der Waals surface area contributed by atoms with Gasteiger partial charge in [0.1, 0.15) is 24.7 Å². The second kappa shape index (κ2) is 20.4. The zero-order chi connectivity index (χ0) is 31.5. The van der Waals surface area contributed by atoms with Gasteiger partial charge in [-0.2, -0.15) is 0 Å². The predicted octanol–water partition coefficient (Wildman–Crippen LogP) is -1.88. The van der Waals surface area contributed by atoms with E-state index in [9.17, 15) is 19.8 Å². The number of carboxylic acid groups (broad SMARTS) is 2. The van der Waals surface area contributed by atoms with Crippen LogP contribution in [-0.4, -0.2) is 132 Å². The first kappa shape index (κ1) is 39.7. The third-order valence-electron chi connectivity index (χ3n) is 5.07. The molecule has 1 aliphatic rings. The fraction of sp³-hybridized carbons (Fsp3) is 0.692. The highest BCUT2D eigenvalue weighted by Crippen LogP contribution is 2.34. The van der Waals surface area contributed by atoms with E-state index in [1.807, 2.05) is 6.92 Å². The van der Waals surface area contributed by atoms with Crippen molar-refractivity contribution in [2.75, 3.05) is 86.8 Å². The SMILES string of the molecule is CC1=C(CCO)SCN1Cc1cnc(C)nc1N.C[N+](C)(C)CCO.C[N+](C)(C)CCO.O=C([O-])CCC(=O)[O-]. The first-order valence-electron chi connectivity index (χ1n) is 12.9. The van der Waals surface area contributed by atoms with E-state index in [0.717, 1.165) is 46.5 Å². The van der Waals surface area contributed by atoms with Crippen molar-refractivity contribution in [2.24, 2.45) is 0 Å². The number of rotatable bonds is 11. The molecule has 0 bridgehead atoms.